The van der Waals surface area contributed by atoms with E-state index < -0.39 is 0 Å². The van der Waals surface area contributed by atoms with Gasteiger partial charge in [0.05, 0.1) is 12.7 Å². The van der Waals surface area contributed by atoms with Gasteiger partial charge in [-0.1, -0.05) is 13.3 Å². The van der Waals surface area contributed by atoms with Gasteiger partial charge in [0, 0.05) is 5.92 Å². The Labute approximate surface area is 56.4 Å². The van der Waals surface area contributed by atoms with Crippen molar-refractivity contribution in [2.75, 3.05) is 6.61 Å². The van der Waals surface area contributed by atoms with Crippen LogP contribution in [0.5, 0.6) is 0 Å². The molecule has 52 valence electrons. The Kier molecular flexibility index (Phi) is 1.26. The van der Waals surface area contributed by atoms with Crippen molar-refractivity contribution in [2.45, 2.75) is 32.3 Å². The Morgan fingerprint density at radius 1 is 1.33 bits per heavy atom. The zero-order valence-electron chi connectivity index (χ0n) is 5.97. The first kappa shape index (κ1) is 5.72. The Hall–Kier alpha value is -0.0400. The molecule has 0 N–H and O–H groups in total. The van der Waals surface area contributed by atoms with E-state index in [1.807, 2.05) is 0 Å². The third-order valence-electron chi connectivity index (χ3n) is 2.72. The summed E-state index contributed by atoms with van der Waals surface area (Å²) < 4.78 is 5.41. The first-order chi connectivity index (χ1) is 4.36. The van der Waals surface area contributed by atoms with Crippen molar-refractivity contribution < 1.29 is 4.74 Å². The minimum Gasteiger partial charge on any atom is -0.377 e. The molecule has 1 heterocycles. The van der Waals surface area contributed by atoms with E-state index in [0.29, 0.717) is 6.10 Å². The summed E-state index contributed by atoms with van der Waals surface area (Å²) in [6.07, 6.45) is 4.84. The first-order valence-corrected chi connectivity index (χ1v) is 3.98. The van der Waals surface area contributed by atoms with Gasteiger partial charge in [-0.05, 0) is 18.8 Å². The summed E-state index contributed by atoms with van der Waals surface area (Å²) in [6.45, 7) is 3.38. The molecule has 0 spiro atoms. The van der Waals surface area contributed by atoms with Gasteiger partial charge in [0.15, 0.2) is 0 Å². The van der Waals surface area contributed by atoms with Crippen molar-refractivity contribution in [3.05, 3.63) is 0 Å². The Morgan fingerprint density at radius 2 is 2.22 bits per heavy atom. The SMILES string of the molecule is CC1CCC2COC2C1. The fourth-order valence-corrected chi connectivity index (χ4v) is 1.91. The molecule has 1 nitrogen and oxygen atoms in total. The Bertz CT molecular complexity index is 111. The predicted molar refractivity (Wildman–Crippen MR) is 36.2 cm³/mol. The van der Waals surface area contributed by atoms with Gasteiger partial charge in [-0.2, -0.15) is 0 Å². The minimum absolute atomic E-state index is 0.661. The predicted octanol–water partition coefficient (Wildman–Crippen LogP) is 1.82. The van der Waals surface area contributed by atoms with E-state index in [1.165, 1.54) is 19.3 Å². The average molecular weight is 126 g/mol. The highest BCUT2D eigenvalue weighted by atomic mass is 16.5. The summed E-state index contributed by atoms with van der Waals surface area (Å²) in [7, 11) is 0. The van der Waals surface area contributed by atoms with Gasteiger partial charge in [0.25, 0.3) is 0 Å². The molecule has 9 heavy (non-hydrogen) atoms. The van der Waals surface area contributed by atoms with Crippen molar-refractivity contribution in [3.63, 3.8) is 0 Å². The lowest BCUT2D eigenvalue weighted by molar-refractivity contribution is -0.142. The van der Waals surface area contributed by atoms with Gasteiger partial charge in [-0.3, -0.25) is 0 Å². The molecule has 1 aliphatic carbocycles. The molecule has 0 aromatic rings. The average Bonchev–Trinajstić information content (AvgIpc) is 1.78. The highest BCUT2D eigenvalue weighted by Crippen LogP contribution is 2.36. The summed E-state index contributed by atoms with van der Waals surface area (Å²) in [5.41, 5.74) is 0. The second-order valence-corrected chi connectivity index (χ2v) is 3.55. The molecular formula is C8H14O. The van der Waals surface area contributed by atoms with E-state index in [4.69, 9.17) is 4.74 Å². The van der Waals surface area contributed by atoms with Crippen LogP contribution in [0.3, 0.4) is 0 Å². The van der Waals surface area contributed by atoms with E-state index in [1.54, 1.807) is 0 Å². The normalized spacial score (nSPS) is 49.7. The summed E-state index contributed by atoms with van der Waals surface area (Å²) in [6, 6.07) is 0. The molecule has 0 aromatic heterocycles. The van der Waals surface area contributed by atoms with E-state index in [-0.39, 0.29) is 0 Å². The van der Waals surface area contributed by atoms with Crippen LogP contribution < -0.4 is 0 Å². The molecule has 0 radical (unpaired) electrons. The number of hydrogen-bond acceptors (Lipinski definition) is 1. The summed E-state index contributed by atoms with van der Waals surface area (Å²) >= 11 is 0. The lowest BCUT2D eigenvalue weighted by Crippen LogP contribution is -2.43. The van der Waals surface area contributed by atoms with Crippen LogP contribution in [0.15, 0.2) is 0 Å². The molecule has 2 fully saturated rings. The lowest BCUT2D eigenvalue weighted by atomic mass is 9.78. The maximum atomic E-state index is 5.41. The molecule has 1 saturated carbocycles. The fraction of sp³-hybridized carbons (Fsp3) is 1.00. The zero-order valence-corrected chi connectivity index (χ0v) is 5.97. The van der Waals surface area contributed by atoms with Gasteiger partial charge >= 0.3 is 0 Å². The molecule has 0 bridgehead atoms. The highest BCUT2D eigenvalue weighted by Gasteiger charge is 2.36. The van der Waals surface area contributed by atoms with Crippen LogP contribution in [0.2, 0.25) is 0 Å². The Balaban J connectivity index is 1.92. The van der Waals surface area contributed by atoms with Crippen molar-refractivity contribution >= 4 is 0 Å². The Morgan fingerprint density at radius 3 is 2.67 bits per heavy atom. The van der Waals surface area contributed by atoms with Crippen LogP contribution in [-0.4, -0.2) is 12.7 Å². The molecule has 0 aromatic carbocycles. The van der Waals surface area contributed by atoms with E-state index in [0.717, 1.165) is 18.4 Å². The second kappa shape index (κ2) is 1.98. The molecule has 1 heteroatoms. The summed E-state index contributed by atoms with van der Waals surface area (Å²) in [5, 5.41) is 0. The van der Waals surface area contributed by atoms with Crippen LogP contribution in [0, 0.1) is 11.8 Å². The van der Waals surface area contributed by atoms with Crippen molar-refractivity contribution in [2.24, 2.45) is 11.8 Å². The van der Waals surface area contributed by atoms with E-state index in [9.17, 15) is 0 Å². The molecular weight excluding hydrogens is 112 g/mol. The number of fused-ring (bicyclic) bond motifs is 1. The van der Waals surface area contributed by atoms with E-state index in [2.05, 4.69) is 6.92 Å². The molecule has 2 rings (SSSR count). The molecule has 1 saturated heterocycles. The molecule has 2 aliphatic rings. The second-order valence-electron chi connectivity index (χ2n) is 3.55. The number of rotatable bonds is 0. The largest absolute Gasteiger partial charge is 0.377 e. The summed E-state index contributed by atoms with van der Waals surface area (Å²) in [5.74, 6) is 1.87. The van der Waals surface area contributed by atoms with Crippen molar-refractivity contribution in [3.8, 4) is 0 Å². The number of ether oxygens (including phenoxy) is 1. The smallest absolute Gasteiger partial charge is 0.0627 e. The zero-order chi connectivity index (χ0) is 6.27. The van der Waals surface area contributed by atoms with E-state index >= 15 is 0 Å². The van der Waals surface area contributed by atoms with Crippen molar-refractivity contribution in [1.82, 2.24) is 0 Å². The minimum atomic E-state index is 0.661. The molecule has 3 unspecified atom stereocenters. The maximum absolute atomic E-state index is 5.41. The van der Waals surface area contributed by atoms with Gasteiger partial charge < -0.3 is 4.74 Å². The fourth-order valence-electron chi connectivity index (χ4n) is 1.91. The third kappa shape index (κ3) is 0.877. The van der Waals surface area contributed by atoms with Crippen LogP contribution >= 0.6 is 0 Å². The van der Waals surface area contributed by atoms with Crippen LogP contribution in [-0.2, 0) is 4.74 Å². The molecule has 3 atom stereocenters. The summed E-state index contributed by atoms with van der Waals surface area (Å²) in [4.78, 5) is 0. The first-order valence-electron chi connectivity index (χ1n) is 3.98. The lowest BCUT2D eigenvalue weighted by Gasteiger charge is -2.42. The van der Waals surface area contributed by atoms with Gasteiger partial charge in [0.2, 0.25) is 0 Å². The maximum Gasteiger partial charge on any atom is 0.0627 e. The monoisotopic (exact) mass is 126 g/mol. The molecule has 0 amide bonds. The quantitative estimate of drug-likeness (QED) is 0.481. The van der Waals surface area contributed by atoms with Crippen molar-refractivity contribution in [1.29, 1.82) is 0 Å². The highest BCUT2D eigenvalue weighted by molar-refractivity contribution is 4.84. The van der Waals surface area contributed by atoms with Crippen LogP contribution in [0.4, 0.5) is 0 Å². The molecule has 1 aliphatic heterocycles. The third-order valence-corrected chi connectivity index (χ3v) is 2.72. The number of hydrogen-bond donors (Lipinski definition) is 0. The van der Waals surface area contributed by atoms with Crippen LogP contribution in [0.25, 0.3) is 0 Å². The topological polar surface area (TPSA) is 9.23 Å². The standard InChI is InChI=1S/C8H14O/c1-6-2-3-7-5-9-8(7)4-6/h6-8H,2-5H2,1H3. The van der Waals surface area contributed by atoms with Crippen LogP contribution in [0.1, 0.15) is 26.2 Å². The van der Waals surface area contributed by atoms with Gasteiger partial charge in [0.1, 0.15) is 0 Å². The van der Waals surface area contributed by atoms with Gasteiger partial charge in [-0.15, -0.1) is 0 Å². The van der Waals surface area contributed by atoms with Gasteiger partial charge in [-0.25, -0.2) is 0 Å².